The van der Waals surface area contributed by atoms with Crippen LogP contribution in [0.25, 0.3) is 0 Å². The lowest BCUT2D eigenvalue weighted by atomic mass is 9.88. The molecule has 3 heterocycles. The van der Waals surface area contributed by atoms with Crippen LogP contribution in [0.2, 0.25) is 0 Å². The Hall–Kier alpha value is -2.17. The molecule has 3 N–H and O–H groups in total. The van der Waals surface area contributed by atoms with Gasteiger partial charge in [-0.05, 0) is 39.2 Å². The first kappa shape index (κ1) is 22.0. The number of hydrogen-bond donors (Lipinski definition) is 2. The zero-order valence-corrected chi connectivity index (χ0v) is 19.3. The van der Waals surface area contributed by atoms with Crippen LogP contribution >= 0.6 is 0 Å². The van der Waals surface area contributed by atoms with Crippen molar-refractivity contribution in [1.29, 1.82) is 5.26 Å². The van der Waals surface area contributed by atoms with Gasteiger partial charge in [0.05, 0.1) is 12.2 Å². The lowest BCUT2D eigenvalue weighted by molar-refractivity contribution is -0.892. The summed E-state index contributed by atoms with van der Waals surface area (Å²) in [6.07, 6.45) is 6.77. The topological polar surface area (TPSA) is 83.9 Å². The van der Waals surface area contributed by atoms with Crippen LogP contribution in [0, 0.1) is 18.3 Å². The van der Waals surface area contributed by atoms with Gasteiger partial charge >= 0.3 is 0 Å². The van der Waals surface area contributed by atoms with Crippen molar-refractivity contribution in [2.45, 2.75) is 77.5 Å². The SMILES string of the molecule is Cc1[nH+]c(N2CC[NH+](CC(=O)NC3CCCCC3)CC2)c(C#N)c2c1COC(C)(C)C2. The van der Waals surface area contributed by atoms with Gasteiger partial charge in [-0.25, -0.2) is 9.88 Å². The summed E-state index contributed by atoms with van der Waals surface area (Å²) in [5.74, 6) is 1.12. The van der Waals surface area contributed by atoms with Crippen molar-refractivity contribution in [3.63, 3.8) is 0 Å². The molecule has 3 aliphatic rings. The third-order valence-corrected chi connectivity index (χ3v) is 7.15. The fourth-order valence-electron chi connectivity index (χ4n) is 5.30. The molecular formula is C24H37N5O2+2. The van der Waals surface area contributed by atoms with Crippen molar-refractivity contribution in [3.05, 3.63) is 22.4 Å². The Labute approximate surface area is 185 Å². The van der Waals surface area contributed by atoms with Crippen molar-refractivity contribution >= 4 is 11.7 Å². The number of anilines is 1. The number of nitrogens with one attached hydrogen (secondary N) is 3. The number of nitriles is 1. The summed E-state index contributed by atoms with van der Waals surface area (Å²) < 4.78 is 5.98. The lowest BCUT2D eigenvalue weighted by Gasteiger charge is -2.34. The van der Waals surface area contributed by atoms with Gasteiger partial charge in [-0.2, -0.15) is 5.26 Å². The minimum atomic E-state index is -0.252. The molecule has 0 aromatic carbocycles. The minimum absolute atomic E-state index is 0.187. The van der Waals surface area contributed by atoms with E-state index >= 15 is 0 Å². The summed E-state index contributed by atoms with van der Waals surface area (Å²) in [5, 5.41) is 13.2. The van der Waals surface area contributed by atoms with E-state index in [0.29, 0.717) is 19.2 Å². The molecule has 0 radical (unpaired) electrons. The van der Waals surface area contributed by atoms with Crippen LogP contribution in [0.15, 0.2) is 0 Å². The fraction of sp³-hybridized carbons (Fsp3) is 0.708. The van der Waals surface area contributed by atoms with Gasteiger partial charge in [-0.15, -0.1) is 0 Å². The first-order chi connectivity index (χ1) is 14.9. The van der Waals surface area contributed by atoms with Gasteiger partial charge in [-0.1, -0.05) is 19.3 Å². The molecule has 4 rings (SSSR count). The van der Waals surface area contributed by atoms with Crippen LogP contribution in [-0.4, -0.2) is 50.3 Å². The van der Waals surface area contributed by atoms with E-state index in [0.717, 1.165) is 73.6 Å². The predicted octanol–water partition coefficient (Wildman–Crippen LogP) is 0.686. The molecule has 1 saturated heterocycles. The Bertz CT molecular complexity index is 862. The van der Waals surface area contributed by atoms with E-state index in [2.05, 4.69) is 42.0 Å². The Morgan fingerprint density at radius 1 is 1.26 bits per heavy atom. The summed E-state index contributed by atoms with van der Waals surface area (Å²) >= 11 is 0. The fourth-order valence-corrected chi connectivity index (χ4v) is 5.30. The lowest BCUT2D eigenvalue weighted by Crippen LogP contribution is -3.16. The molecule has 1 aromatic rings. The molecule has 0 bridgehead atoms. The van der Waals surface area contributed by atoms with Crippen molar-refractivity contribution < 1.29 is 19.4 Å². The Balaban J connectivity index is 1.40. The van der Waals surface area contributed by atoms with Gasteiger partial charge in [-0.3, -0.25) is 4.79 Å². The van der Waals surface area contributed by atoms with Gasteiger partial charge < -0.3 is 15.0 Å². The number of carbonyl (C=O) groups is 1. The number of amides is 1. The zero-order valence-electron chi connectivity index (χ0n) is 19.3. The minimum Gasteiger partial charge on any atom is -0.370 e. The normalized spacial score (nSPS) is 21.9. The standard InChI is InChI=1S/C24H35N5O2/c1-17-21-16-31-24(2,3)13-19(21)20(14-25)23(26-17)29-11-9-28(10-12-29)15-22(30)27-18-7-5-4-6-8-18/h18H,4-13,15-16H2,1-3H3,(H,27,30)/p+2. The number of aromatic nitrogens is 1. The highest BCUT2D eigenvalue weighted by Crippen LogP contribution is 2.33. The second-order valence-corrected chi connectivity index (χ2v) is 10.1. The second kappa shape index (κ2) is 9.13. The predicted molar refractivity (Wildman–Crippen MR) is 118 cm³/mol. The smallest absolute Gasteiger partial charge is 0.293 e. The van der Waals surface area contributed by atoms with Gasteiger partial charge in [0.25, 0.3) is 11.7 Å². The van der Waals surface area contributed by atoms with E-state index in [1.165, 1.54) is 24.2 Å². The summed E-state index contributed by atoms with van der Waals surface area (Å²) in [6.45, 7) is 10.8. The third kappa shape index (κ3) is 5.02. The molecule has 1 saturated carbocycles. The van der Waals surface area contributed by atoms with Gasteiger partial charge in [0.2, 0.25) is 0 Å². The number of aryl methyl sites for hydroxylation is 1. The van der Waals surface area contributed by atoms with Crippen LogP contribution in [-0.2, 0) is 22.6 Å². The molecule has 2 fully saturated rings. The number of fused-ring (bicyclic) bond motifs is 1. The van der Waals surface area contributed by atoms with Gasteiger partial charge in [0.15, 0.2) is 6.54 Å². The van der Waals surface area contributed by atoms with Gasteiger partial charge in [0.1, 0.15) is 43.5 Å². The molecule has 168 valence electrons. The number of H-pyrrole nitrogens is 1. The molecule has 7 heteroatoms. The molecular weight excluding hydrogens is 390 g/mol. The molecule has 1 amide bonds. The number of ether oxygens (including phenoxy) is 1. The number of hydrogen-bond acceptors (Lipinski definition) is 4. The van der Waals surface area contributed by atoms with Crippen LogP contribution < -0.4 is 20.1 Å². The third-order valence-electron chi connectivity index (χ3n) is 7.15. The number of carbonyl (C=O) groups excluding carboxylic acids is 1. The quantitative estimate of drug-likeness (QED) is 0.740. The first-order valence-corrected chi connectivity index (χ1v) is 11.9. The van der Waals surface area contributed by atoms with E-state index in [1.54, 1.807) is 0 Å². The first-order valence-electron chi connectivity index (χ1n) is 11.9. The molecule has 1 aliphatic carbocycles. The van der Waals surface area contributed by atoms with Crippen molar-refractivity contribution in [2.24, 2.45) is 0 Å². The zero-order chi connectivity index (χ0) is 22.0. The van der Waals surface area contributed by atoms with Crippen molar-refractivity contribution in [3.8, 4) is 6.07 Å². The molecule has 0 unspecified atom stereocenters. The largest absolute Gasteiger partial charge is 0.370 e. The second-order valence-electron chi connectivity index (χ2n) is 10.1. The van der Waals surface area contributed by atoms with Crippen LogP contribution in [0.1, 0.15) is 68.3 Å². The van der Waals surface area contributed by atoms with E-state index in [1.807, 2.05) is 0 Å². The van der Waals surface area contributed by atoms with Crippen LogP contribution in [0.5, 0.6) is 0 Å². The number of quaternary nitrogens is 1. The average molecular weight is 428 g/mol. The molecule has 7 nitrogen and oxygen atoms in total. The molecule has 2 aliphatic heterocycles. The molecule has 1 aromatic heterocycles. The van der Waals surface area contributed by atoms with Crippen LogP contribution in [0.3, 0.4) is 0 Å². The monoisotopic (exact) mass is 427 g/mol. The number of aromatic amines is 1. The Kier molecular flexibility index (Phi) is 6.49. The highest BCUT2D eigenvalue weighted by molar-refractivity contribution is 5.77. The summed E-state index contributed by atoms with van der Waals surface area (Å²) in [6, 6.07) is 2.85. The summed E-state index contributed by atoms with van der Waals surface area (Å²) in [5.41, 5.74) is 3.85. The molecule has 0 atom stereocenters. The van der Waals surface area contributed by atoms with E-state index in [4.69, 9.17) is 4.74 Å². The van der Waals surface area contributed by atoms with E-state index in [-0.39, 0.29) is 11.5 Å². The molecule has 0 spiro atoms. The van der Waals surface area contributed by atoms with Gasteiger partial charge in [0, 0.05) is 18.0 Å². The highest BCUT2D eigenvalue weighted by Gasteiger charge is 2.36. The highest BCUT2D eigenvalue weighted by atomic mass is 16.5. The number of nitrogens with zero attached hydrogens (tertiary/aromatic N) is 2. The Morgan fingerprint density at radius 2 is 1.97 bits per heavy atom. The maximum Gasteiger partial charge on any atom is 0.293 e. The summed E-state index contributed by atoms with van der Waals surface area (Å²) in [7, 11) is 0. The number of piperazine rings is 1. The van der Waals surface area contributed by atoms with Crippen LogP contribution in [0.4, 0.5) is 5.82 Å². The number of rotatable bonds is 4. The Morgan fingerprint density at radius 3 is 2.65 bits per heavy atom. The average Bonchev–Trinajstić information content (AvgIpc) is 2.74. The maximum absolute atomic E-state index is 12.5. The van der Waals surface area contributed by atoms with E-state index in [9.17, 15) is 10.1 Å². The van der Waals surface area contributed by atoms with E-state index < -0.39 is 0 Å². The van der Waals surface area contributed by atoms with Crippen molar-refractivity contribution in [1.82, 2.24) is 5.32 Å². The maximum atomic E-state index is 12.5. The number of pyridine rings is 1. The summed E-state index contributed by atoms with van der Waals surface area (Å²) in [4.78, 5) is 19.6. The molecule has 31 heavy (non-hydrogen) atoms. The van der Waals surface area contributed by atoms with Crippen molar-refractivity contribution in [2.75, 3.05) is 37.6 Å².